The van der Waals surface area contributed by atoms with Crippen LogP contribution < -0.4 is 10.6 Å². The summed E-state index contributed by atoms with van der Waals surface area (Å²) in [6, 6.07) is 13.6. The highest BCUT2D eigenvalue weighted by Gasteiger charge is 2.30. The molecule has 5 rings (SSSR count). The summed E-state index contributed by atoms with van der Waals surface area (Å²) in [4.78, 5) is 48.7. The zero-order valence-corrected chi connectivity index (χ0v) is 19.9. The van der Waals surface area contributed by atoms with Crippen LogP contribution in [-0.4, -0.2) is 45.7 Å². The van der Waals surface area contributed by atoms with E-state index in [1.165, 1.54) is 6.20 Å². The molecule has 10 heteroatoms. The Morgan fingerprint density at radius 1 is 0.972 bits per heavy atom. The average molecular weight is 504 g/mol. The maximum atomic E-state index is 13.2. The smallest absolute Gasteiger partial charge is 0.294 e. The van der Waals surface area contributed by atoms with Crippen molar-refractivity contribution < 1.29 is 18.8 Å². The lowest BCUT2D eigenvalue weighted by Crippen LogP contribution is -2.41. The second-order valence-corrected chi connectivity index (χ2v) is 8.85. The van der Waals surface area contributed by atoms with E-state index in [2.05, 4.69) is 20.6 Å². The van der Waals surface area contributed by atoms with E-state index in [9.17, 15) is 14.4 Å². The molecule has 0 aliphatic carbocycles. The maximum absolute atomic E-state index is 13.2. The van der Waals surface area contributed by atoms with Gasteiger partial charge in [-0.05, 0) is 49.2 Å². The topological polar surface area (TPSA) is 117 Å². The number of likely N-dealkylation sites (tertiary alicyclic amines) is 1. The number of fused-ring (bicyclic) bond motifs is 1. The second kappa shape index (κ2) is 10.2. The summed E-state index contributed by atoms with van der Waals surface area (Å²) in [6.45, 7) is 0.919. The molecule has 4 heterocycles. The van der Waals surface area contributed by atoms with Gasteiger partial charge in [0, 0.05) is 48.5 Å². The fourth-order valence-corrected chi connectivity index (χ4v) is 4.31. The van der Waals surface area contributed by atoms with Gasteiger partial charge >= 0.3 is 0 Å². The van der Waals surface area contributed by atoms with E-state index in [0.717, 1.165) is 0 Å². The van der Waals surface area contributed by atoms with Gasteiger partial charge in [-0.15, -0.1) is 0 Å². The predicted molar refractivity (Wildman–Crippen MR) is 135 cm³/mol. The van der Waals surface area contributed by atoms with Crippen LogP contribution in [0.5, 0.6) is 0 Å². The number of amides is 3. The zero-order chi connectivity index (χ0) is 25.1. The molecular weight excluding hydrogens is 482 g/mol. The van der Waals surface area contributed by atoms with Gasteiger partial charge in [0.25, 0.3) is 11.8 Å². The summed E-state index contributed by atoms with van der Waals surface area (Å²) in [5.41, 5.74) is 1.35. The third-order valence-electron chi connectivity index (χ3n) is 6.10. The first-order chi connectivity index (χ1) is 17.5. The normalized spacial score (nSPS) is 14.0. The van der Waals surface area contributed by atoms with E-state index >= 15 is 0 Å². The van der Waals surface area contributed by atoms with Crippen molar-refractivity contribution in [2.45, 2.75) is 12.8 Å². The lowest BCUT2D eigenvalue weighted by molar-refractivity contribution is -0.121. The summed E-state index contributed by atoms with van der Waals surface area (Å²) in [5, 5.41) is 6.64. The van der Waals surface area contributed by atoms with Crippen LogP contribution in [0.1, 0.15) is 33.8 Å². The van der Waals surface area contributed by atoms with E-state index in [0.29, 0.717) is 59.0 Å². The van der Waals surface area contributed by atoms with Gasteiger partial charge in [0.1, 0.15) is 17.1 Å². The third kappa shape index (κ3) is 4.92. The molecule has 1 aliphatic heterocycles. The van der Waals surface area contributed by atoms with E-state index in [-0.39, 0.29) is 23.5 Å². The summed E-state index contributed by atoms with van der Waals surface area (Å²) < 4.78 is 5.80. The summed E-state index contributed by atoms with van der Waals surface area (Å²) in [7, 11) is 0. The van der Waals surface area contributed by atoms with Crippen molar-refractivity contribution in [3.63, 3.8) is 0 Å². The number of pyridine rings is 2. The number of nitrogens with zero attached hydrogens (tertiary/aromatic N) is 3. The third-order valence-corrected chi connectivity index (χ3v) is 6.32. The highest BCUT2D eigenvalue weighted by Crippen LogP contribution is 2.32. The number of carbonyl (C=O) groups excluding carboxylic acids is 3. The molecule has 0 saturated carbocycles. The quantitative estimate of drug-likeness (QED) is 0.410. The minimum atomic E-state index is -0.547. The molecule has 1 fully saturated rings. The van der Waals surface area contributed by atoms with Gasteiger partial charge in [0.2, 0.25) is 11.7 Å². The molecule has 4 aromatic rings. The van der Waals surface area contributed by atoms with Crippen molar-refractivity contribution in [3.8, 4) is 0 Å². The molecule has 0 unspecified atom stereocenters. The molecule has 3 amide bonds. The van der Waals surface area contributed by atoms with E-state index in [4.69, 9.17) is 16.0 Å². The van der Waals surface area contributed by atoms with E-state index in [1.807, 2.05) is 0 Å². The number of anilines is 2. The average Bonchev–Trinajstić information content (AvgIpc) is 3.28. The molecule has 182 valence electrons. The molecule has 36 heavy (non-hydrogen) atoms. The Hall–Kier alpha value is -4.24. The number of piperidine rings is 1. The van der Waals surface area contributed by atoms with Crippen LogP contribution >= 0.6 is 11.6 Å². The van der Waals surface area contributed by atoms with Crippen LogP contribution in [0, 0.1) is 5.92 Å². The molecular formula is C26H22ClN5O4. The fraction of sp³-hybridized carbons (Fsp3) is 0.192. The first-order valence-corrected chi connectivity index (χ1v) is 11.8. The fourth-order valence-electron chi connectivity index (χ4n) is 4.20. The van der Waals surface area contributed by atoms with Crippen molar-refractivity contribution in [2.24, 2.45) is 5.92 Å². The van der Waals surface area contributed by atoms with Crippen LogP contribution in [-0.2, 0) is 4.79 Å². The Kier molecular flexibility index (Phi) is 6.64. The monoisotopic (exact) mass is 503 g/mol. The lowest BCUT2D eigenvalue weighted by atomic mass is 9.95. The zero-order valence-electron chi connectivity index (χ0n) is 19.1. The lowest BCUT2D eigenvalue weighted by Gasteiger charge is -2.31. The van der Waals surface area contributed by atoms with Gasteiger partial charge in [-0.3, -0.25) is 19.4 Å². The number of para-hydroxylation sites is 1. The van der Waals surface area contributed by atoms with Crippen LogP contribution in [0.25, 0.3) is 11.0 Å². The minimum absolute atomic E-state index is 0.0217. The van der Waals surface area contributed by atoms with Crippen molar-refractivity contribution in [1.82, 2.24) is 14.9 Å². The number of benzene rings is 1. The summed E-state index contributed by atoms with van der Waals surface area (Å²) >= 11 is 5.87. The van der Waals surface area contributed by atoms with Crippen LogP contribution in [0.4, 0.5) is 11.5 Å². The highest BCUT2D eigenvalue weighted by atomic mass is 35.5. The van der Waals surface area contributed by atoms with Gasteiger partial charge < -0.3 is 20.0 Å². The number of hydrogen-bond acceptors (Lipinski definition) is 6. The predicted octanol–water partition coefficient (Wildman–Crippen LogP) is 4.62. The number of nitrogens with one attached hydrogen (secondary N) is 2. The molecule has 0 atom stereocenters. The van der Waals surface area contributed by atoms with Crippen molar-refractivity contribution >= 4 is 51.8 Å². The number of hydrogen-bond donors (Lipinski definition) is 2. The minimum Gasteiger partial charge on any atom is -0.449 e. The number of aromatic nitrogens is 2. The molecule has 1 saturated heterocycles. The largest absolute Gasteiger partial charge is 0.449 e. The summed E-state index contributed by atoms with van der Waals surface area (Å²) in [6.07, 6.45) is 5.60. The first kappa shape index (κ1) is 23.5. The van der Waals surface area contributed by atoms with E-state index in [1.54, 1.807) is 65.8 Å². The van der Waals surface area contributed by atoms with Gasteiger partial charge in [0.05, 0.1) is 5.02 Å². The van der Waals surface area contributed by atoms with Gasteiger partial charge in [-0.25, -0.2) is 4.98 Å². The van der Waals surface area contributed by atoms with Gasteiger partial charge in [-0.1, -0.05) is 23.7 Å². The second-order valence-electron chi connectivity index (χ2n) is 8.41. The molecule has 0 spiro atoms. The van der Waals surface area contributed by atoms with Crippen LogP contribution in [0.3, 0.4) is 0 Å². The number of halogens is 1. The molecule has 2 N–H and O–H groups in total. The Bertz CT molecular complexity index is 1410. The SMILES string of the molecule is O=C(Nc1ccc(Cl)cn1)c1oc2ccccc2c1NC(=O)C1CCN(C(=O)c2ccncc2)CC1. The number of carbonyl (C=O) groups is 3. The molecule has 0 radical (unpaired) electrons. The highest BCUT2D eigenvalue weighted by molar-refractivity contribution is 6.30. The Morgan fingerprint density at radius 2 is 1.72 bits per heavy atom. The van der Waals surface area contributed by atoms with E-state index < -0.39 is 5.91 Å². The van der Waals surface area contributed by atoms with Crippen molar-refractivity contribution in [1.29, 1.82) is 0 Å². The van der Waals surface area contributed by atoms with Gasteiger partial charge in [-0.2, -0.15) is 0 Å². The molecule has 1 aliphatic rings. The Labute approximate surface area is 211 Å². The van der Waals surface area contributed by atoms with Crippen LogP contribution in [0.15, 0.2) is 71.5 Å². The maximum Gasteiger partial charge on any atom is 0.294 e. The molecule has 9 nitrogen and oxygen atoms in total. The number of rotatable bonds is 5. The van der Waals surface area contributed by atoms with Crippen molar-refractivity contribution in [2.75, 3.05) is 23.7 Å². The first-order valence-electron chi connectivity index (χ1n) is 11.4. The van der Waals surface area contributed by atoms with Gasteiger partial charge in [0.15, 0.2) is 0 Å². The Balaban J connectivity index is 1.30. The van der Waals surface area contributed by atoms with Crippen LogP contribution in [0.2, 0.25) is 5.02 Å². The molecule has 3 aromatic heterocycles. The van der Waals surface area contributed by atoms with Crippen molar-refractivity contribution in [3.05, 3.63) is 83.5 Å². The number of furan rings is 1. The Morgan fingerprint density at radius 3 is 2.44 bits per heavy atom. The molecule has 1 aromatic carbocycles. The summed E-state index contributed by atoms with van der Waals surface area (Å²) in [5.74, 6) is -0.883. The standard InChI is InChI=1S/C26H22ClN5O4/c27-18-5-6-21(29-15-18)30-25(34)23-22(19-3-1-2-4-20(19)36-23)31-24(33)16-9-13-32(14-10-16)26(35)17-7-11-28-12-8-17/h1-8,11-12,15-16H,9-10,13-14H2,(H,31,33)(H,29,30,34). The molecule has 0 bridgehead atoms.